The molecule has 16 heavy (non-hydrogen) atoms. The van der Waals surface area contributed by atoms with Gasteiger partial charge in [0.2, 0.25) is 0 Å². The van der Waals surface area contributed by atoms with Crippen LogP contribution in [0, 0.1) is 11.6 Å². The summed E-state index contributed by atoms with van der Waals surface area (Å²) in [5.41, 5.74) is 1.01. The Morgan fingerprint density at radius 3 is 2.25 bits per heavy atom. The Kier molecular flexibility index (Phi) is 3.06. The normalized spacial score (nSPS) is 10.1. The van der Waals surface area contributed by atoms with Gasteiger partial charge in [-0.25, -0.2) is 8.78 Å². The average Bonchev–Trinajstić information content (AvgIpc) is 2.29. The highest BCUT2D eigenvalue weighted by molar-refractivity contribution is 7.81. The highest BCUT2D eigenvalue weighted by atomic mass is 32.1. The number of thiocarbonyl (C=S) groups is 1. The highest BCUT2D eigenvalue weighted by Gasteiger charge is 2.10. The maximum absolute atomic E-state index is 13.5. The van der Waals surface area contributed by atoms with E-state index in [-0.39, 0.29) is 5.56 Å². The van der Waals surface area contributed by atoms with Gasteiger partial charge in [0, 0.05) is 11.6 Å². The van der Waals surface area contributed by atoms with Gasteiger partial charge in [-0.05, 0) is 17.7 Å². The molecule has 0 amide bonds. The molecule has 0 aliphatic heterocycles. The van der Waals surface area contributed by atoms with Gasteiger partial charge < -0.3 is 0 Å². The lowest BCUT2D eigenvalue weighted by molar-refractivity contribution is 0.582. The van der Waals surface area contributed by atoms with E-state index in [1.165, 1.54) is 12.1 Å². The summed E-state index contributed by atoms with van der Waals surface area (Å²) in [5.74, 6) is -1.23. The van der Waals surface area contributed by atoms with Crippen LogP contribution in [0.3, 0.4) is 0 Å². The number of rotatable bonds is 2. The smallest absolute Gasteiger partial charge is 0.134 e. The van der Waals surface area contributed by atoms with E-state index in [4.69, 9.17) is 12.2 Å². The lowest BCUT2D eigenvalue weighted by Crippen LogP contribution is -2.02. The van der Waals surface area contributed by atoms with Crippen LogP contribution in [0.25, 0.3) is 0 Å². The minimum atomic E-state index is -0.631. The Labute approximate surface area is 97.5 Å². The molecule has 0 saturated carbocycles. The molecule has 2 aromatic carbocycles. The maximum atomic E-state index is 13.5. The second-order valence-corrected chi connectivity index (χ2v) is 3.73. The zero-order valence-corrected chi connectivity index (χ0v) is 9.10. The first-order chi connectivity index (χ1) is 7.68. The Hall–Kier alpha value is -1.61. The van der Waals surface area contributed by atoms with Gasteiger partial charge in [0.05, 0.1) is 4.86 Å². The summed E-state index contributed by atoms with van der Waals surface area (Å²) in [6.45, 7) is 0. The molecule has 2 aromatic rings. The van der Waals surface area contributed by atoms with E-state index in [9.17, 15) is 8.78 Å². The summed E-state index contributed by atoms with van der Waals surface area (Å²) in [7, 11) is 0. The summed E-state index contributed by atoms with van der Waals surface area (Å²) >= 11 is 5.16. The third-order valence-corrected chi connectivity index (χ3v) is 2.67. The van der Waals surface area contributed by atoms with Crippen LogP contribution in [0.4, 0.5) is 8.78 Å². The second kappa shape index (κ2) is 4.49. The van der Waals surface area contributed by atoms with Crippen LogP contribution >= 0.6 is 12.2 Å². The molecule has 0 radical (unpaired) electrons. The molecule has 0 bridgehead atoms. The molecule has 0 atom stereocenters. The van der Waals surface area contributed by atoms with Crippen LogP contribution in [0.1, 0.15) is 11.1 Å². The fourth-order valence-electron chi connectivity index (χ4n) is 1.42. The molecule has 0 spiro atoms. The molecule has 0 fully saturated rings. The van der Waals surface area contributed by atoms with Gasteiger partial charge in [-0.15, -0.1) is 0 Å². The van der Waals surface area contributed by atoms with Crippen LogP contribution in [-0.2, 0) is 0 Å². The fraction of sp³-hybridized carbons (Fsp3) is 0. The summed E-state index contributed by atoms with van der Waals surface area (Å²) < 4.78 is 26.2. The predicted octanol–water partition coefficient (Wildman–Crippen LogP) is 3.73. The second-order valence-electron chi connectivity index (χ2n) is 3.32. The number of hydrogen-bond acceptors (Lipinski definition) is 1. The third-order valence-electron chi connectivity index (χ3n) is 2.21. The monoisotopic (exact) mass is 234 g/mol. The molecular formula is C13H8F2S. The van der Waals surface area contributed by atoms with Gasteiger partial charge in [-0.1, -0.05) is 42.5 Å². The molecule has 0 aliphatic rings. The van der Waals surface area contributed by atoms with Crippen molar-refractivity contribution in [2.45, 2.75) is 0 Å². The van der Waals surface area contributed by atoms with Gasteiger partial charge >= 0.3 is 0 Å². The molecule has 0 heterocycles. The summed E-state index contributed by atoms with van der Waals surface area (Å²) in [6, 6.07) is 12.5. The molecule has 0 unspecified atom stereocenters. The molecule has 2 rings (SSSR count). The highest BCUT2D eigenvalue weighted by Crippen LogP contribution is 2.15. The van der Waals surface area contributed by atoms with Crippen molar-refractivity contribution >= 4 is 17.1 Å². The minimum absolute atomic E-state index is 0.252. The van der Waals surface area contributed by atoms with Gasteiger partial charge in [0.1, 0.15) is 11.6 Å². The van der Waals surface area contributed by atoms with E-state index < -0.39 is 11.6 Å². The van der Waals surface area contributed by atoms with E-state index in [2.05, 4.69) is 0 Å². The van der Waals surface area contributed by atoms with Gasteiger partial charge in [-0.3, -0.25) is 0 Å². The van der Waals surface area contributed by atoms with E-state index in [0.29, 0.717) is 4.86 Å². The third kappa shape index (κ3) is 2.14. The molecule has 80 valence electrons. The Balaban J connectivity index is 2.42. The first-order valence-corrected chi connectivity index (χ1v) is 5.14. The number of halogens is 2. The predicted molar refractivity (Wildman–Crippen MR) is 63.6 cm³/mol. The maximum Gasteiger partial charge on any atom is 0.134 e. The van der Waals surface area contributed by atoms with Crippen molar-refractivity contribution in [3.8, 4) is 0 Å². The van der Waals surface area contributed by atoms with E-state index in [1.807, 2.05) is 18.2 Å². The van der Waals surface area contributed by atoms with E-state index in [0.717, 1.165) is 11.6 Å². The first kappa shape index (κ1) is 10.9. The van der Waals surface area contributed by atoms with E-state index >= 15 is 0 Å². The van der Waals surface area contributed by atoms with Gasteiger partial charge in [-0.2, -0.15) is 0 Å². The lowest BCUT2D eigenvalue weighted by atomic mass is 10.0. The molecule has 0 aliphatic carbocycles. The van der Waals surface area contributed by atoms with Crippen LogP contribution < -0.4 is 0 Å². The summed E-state index contributed by atoms with van der Waals surface area (Å²) in [6.07, 6.45) is 0. The summed E-state index contributed by atoms with van der Waals surface area (Å²) in [4.78, 5) is 0.387. The number of hydrogen-bond donors (Lipinski definition) is 0. The Morgan fingerprint density at radius 2 is 1.62 bits per heavy atom. The topological polar surface area (TPSA) is 0 Å². The lowest BCUT2D eigenvalue weighted by Gasteiger charge is -2.05. The molecule has 0 N–H and O–H groups in total. The van der Waals surface area contributed by atoms with Crippen molar-refractivity contribution < 1.29 is 8.78 Å². The zero-order valence-electron chi connectivity index (χ0n) is 8.28. The van der Waals surface area contributed by atoms with Crippen LogP contribution in [0.5, 0.6) is 0 Å². The molecular weight excluding hydrogens is 226 g/mol. The van der Waals surface area contributed by atoms with Crippen LogP contribution in [0.15, 0.2) is 48.5 Å². The summed E-state index contributed by atoms with van der Waals surface area (Å²) in [5, 5.41) is 0. The first-order valence-electron chi connectivity index (χ1n) is 4.73. The van der Waals surface area contributed by atoms with Crippen LogP contribution in [-0.4, -0.2) is 4.86 Å². The van der Waals surface area contributed by atoms with Gasteiger partial charge in [0.15, 0.2) is 0 Å². The number of benzene rings is 2. The van der Waals surface area contributed by atoms with Crippen molar-refractivity contribution in [2.75, 3.05) is 0 Å². The average molecular weight is 234 g/mol. The largest absolute Gasteiger partial charge is 0.207 e. The van der Waals surface area contributed by atoms with Crippen molar-refractivity contribution in [3.05, 3.63) is 71.3 Å². The van der Waals surface area contributed by atoms with Crippen molar-refractivity contribution in [3.63, 3.8) is 0 Å². The van der Waals surface area contributed by atoms with Crippen LogP contribution in [0.2, 0.25) is 0 Å². The van der Waals surface area contributed by atoms with Crippen molar-refractivity contribution in [2.24, 2.45) is 0 Å². The molecule has 0 nitrogen and oxygen atoms in total. The minimum Gasteiger partial charge on any atom is -0.207 e. The fourth-order valence-corrected chi connectivity index (χ4v) is 1.72. The van der Waals surface area contributed by atoms with Crippen molar-refractivity contribution in [1.29, 1.82) is 0 Å². The van der Waals surface area contributed by atoms with Gasteiger partial charge in [0.25, 0.3) is 0 Å². The standard InChI is InChI=1S/C13H8F2S/c14-10-6-7-11(12(15)8-10)13(16)9-4-2-1-3-5-9/h1-8H. The quantitative estimate of drug-likeness (QED) is 0.563. The SMILES string of the molecule is Fc1ccc(C(=S)c2ccccc2)c(F)c1. The molecule has 0 saturated heterocycles. The molecule has 0 aromatic heterocycles. The Morgan fingerprint density at radius 1 is 0.938 bits per heavy atom. The molecule has 3 heteroatoms. The Bertz CT molecular complexity index is 521. The van der Waals surface area contributed by atoms with E-state index in [1.54, 1.807) is 12.1 Å². The zero-order chi connectivity index (χ0) is 11.5. The van der Waals surface area contributed by atoms with Crippen molar-refractivity contribution in [1.82, 2.24) is 0 Å².